The molecule has 0 aliphatic rings. The molecule has 3 N–H and O–H groups in total. The van der Waals surface area contributed by atoms with Gasteiger partial charge in [0.25, 0.3) is 21.8 Å². The Balaban J connectivity index is 1.41. The number of anilines is 3. The largest absolute Gasteiger partial charge is 0.416 e. The van der Waals surface area contributed by atoms with Crippen molar-refractivity contribution in [1.82, 2.24) is 4.72 Å². The summed E-state index contributed by atoms with van der Waals surface area (Å²) in [7, 11) is -4.57. The van der Waals surface area contributed by atoms with E-state index in [0.717, 1.165) is 17.7 Å². The van der Waals surface area contributed by atoms with Crippen LogP contribution in [0.15, 0.2) is 132 Å². The van der Waals surface area contributed by atoms with Crippen molar-refractivity contribution in [1.29, 1.82) is 0 Å². The molecular weight excluding hydrogens is 615 g/mol. The Labute approximate surface area is 263 Å². The number of hydrogen-bond acceptors (Lipinski definition) is 5. The number of sulfonamides is 1. The second kappa shape index (κ2) is 13.4. The second-order valence-electron chi connectivity index (χ2n) is 9.83. The van der Waals surface area contributed by atoms with Crippen molar-refractivity contribution in [2.75, 3.05) is 10.6 Å². The number of alkyl halides is 3. The van der Waals surface area contributed by atoms with E-state index in [1.165, 1.54) is 24.3 Å². The molecule has 0 saturated carbocycles. The summed E-state index contributed by atoms with van der Waals surface area (Å²) in [6, 6.07) is 31.9. The van der Waals surface area contributed by atoms with Gasteiger partial charge in [-0.2, -0.15) is 13.2 Å². The second-order valence-corrected chi connectivity index (χ2v) is 11.5. The Hall–Kier alpha value is -5.86. The third-order valence-electron chi connectivity index (χ3n) is 6.57. The molecule has 7 nitrogen and oxygen atoms in total. The van der Waals surface area contributed by atoms with Gasteiger partial charge in [-0.1, -0.05) is 60.4 Å². The van der Waals surface area contributed by atoms with Gasteiger partial charge >= 0.3 is 6.18 Å². The molecule has 0 saturated heterocycles. The Kier molecular flexibility index (Phi) is 9.21. The third-order valence-corrected chi connectivity index (χ3v) is 7.96. The van der Waals surface area contributed by atoms with Crippen molar-refractivity contribution in [3.05, 3.63) is 155 Å². The molecule has 5 aromatic rings. The molecule has 2 amide bonds. The number of carbonyl (C=O) groups is 2. The fourth-order valence-electron chi connectivity index (χ4n) is 4.31. The molecule has 0 unspecified atom stereocenters. The van der Waals surface area contributed by atoms with Gasteiger partial charge in [0.15, 0.2) is 0 Å². The molecule has 0 atom stereocenters. The standard InChI is InChI=1S/C35H24F3N3O4S/c36-35(37,38)27-20-18-26(19-21-27)33(42)41-46(44,45)32-14-8-7-13-30(32)40-34(43)29-22-17-25(16-15-24-9-3-1-4-10-24)23-31(29)39-28-11-5-2-6-12-28/h1-14,17-23,39H,(H,40,43)(H,41,42). The normalized spacial score (nSPS) is 11.1. The van der Waals surface area contributed by atoms with Crippen LogP contribution in [0.2, 0.25) is 0 Å². The minimum absolute atomic E-state index is 0.126. The molecule has 230 valence electrons. The first kappa shape index (κ1) is 31.6. The highest BCUT2D eigenvalue weighted by atomic mass is 32.2. The van der Waals surface area contributed by atoms with E-state index in [9.17, 15) is 31.2 Å². The summed E-state index contributed by atoms with van der Waals surface area (Å²) < 4.78 is 67.0. The maximum absolute atomic E-state index is 13.6. The van der Waals surface area contributed by atoms with Gasteiger partial charge in [-0.25, -0.2) is 13.1 Å². The fourth-order valence-corrected chi connectivity index (χ4v) is 5.44. The molecule has 0 fully saturated rings. The summed E-state index contributed by atoms with van der Waals surface area (Å²) in [6.45, 7) is 0. The molecule has 0 spiro atoms. The van der Waals surface area contributed by atoms with Gasteiger partial charge in [0.1, 0.15) is 4.90 Å². The summed E-state index contributed by atoms with van der Waals surface area (Å²) in [6.07, 6.45) is -4.62. The Bertz CT molecular complexity index is 2060. The van der Waals surface area contributed by atoms with Crippen LogP contribution in [0.5, 0.6) is 0 Å². The van der Waals surface area contributed by atoms with E-state index in [4.69, 9.17) is 0 Å². The highest BCUT2D eigenvalue weighted by molar-refractivity contribution is 7.90. The number of hydrogen-bond donors (Lipinski definition) is 3. The predicted octanol–water partition coefficient (Wildman–Crippen LogP) is 7.22. The first-order valence-electron chi connectivity index (χ1n) is 13.7. The molecule has 0 bridgehead atoms. The number of benzene rings is 5. The van der Waals surface area contributed by atoms with E-state index in [0.29, 0.717) is 29.1 Å². The van der Waals surface area contributed by atoms with Crippen molar-refractivity contribution in [2.45, 2.75) is 11.1 Å². The van der Waals surface area contributed by atoms with Gasteiger partial charge in [-0.05, 0) is 78.9 Å². The van der Waals surface area contributed by atoms with Crippen molar-refractivity contribution in [3.8, 4) is 11.8 Å². The van der Waals surface area contributed by atoms with Crippen LogP contribution in [0, 0.1) is 11.8 Å². The van der Waals surface area contributed by atoms with E-state index in [-0.39, 0.29) is 16.8 Å². The fraction of sp³-hybridized carbons (Fsp3) is 0.0286. The molecule has 0 heterocycles. The zero-order valence-electron chi connectivity index (χ0n) is 23.8. The monoisotopic (exact) mass is 639 g/mol. The number of halogens is 3. The van der Waals surface area contributed by atoms with Crippen LogP contribution in [0.25, 0.3) is 0 Å². The maximum Gasteiger partial charge on any atom is 0.416 e. The molecule has 5 aromatic carbocycles. The zero-order valence-corrected chi connectivity index (χ0v) is 24.6. The van der Waals surface area contributed by atoms with E-state index in [1.54, 1.807) is 18.2 Å². The number of carbonyl (C=O) groups excluding carboxylic acids is 2. The summed E-state index contributed by atoms with van der Waals surface area (Å²) in [5.41, 5.74) is 1.28. The molecule has 46 heavy (non-hydrogen) atoms. The third kappa shape index (κ3) is 7.80. The van der Waals surface area contributed by atoms with Crippen LogP contribution in [0.1, 0.15) is 37.4 Å². The van der Waals surface area contributed by atoms with Crippen LogP contribution in [-0.2, 0) is 16.2 Å². The quantitative estimate of drug-likeness (QED) is 0.163. The van der Waals surface area contributed by atoms with Crippen molar-refractivity contribution >= 4 is 38.9 Å². The minimum Gasteiger partial charge on any atom is -0.355 e. The Morgan fingerprint density at radius 3 is 1.91 bits per heavy atom. The first-order valence-corrected chi connectivity index (χ1v) is 15.2. The number of amides is 2. The lowest BCUT2D eigenvalue weighted by Crippen LogP contribution is -2.31. The number of para-hydroxylation sites is 2. The molecule has 0 aromatic heterocycles. The summed E-state index contributed by atoms with van der Waals surface area (Å²) in [5.74, 6) is 4.35. The summed E-state index contributed by atoms with van der Waals surface area (Å²) in [4.78, 5) is 25.8. The van der Waals surface area contributed by atoms with Gasteiger partial charge in [0, 0.05) is 22.4 Å². The Morgan fingerprint density at radius 2 is 1.24 bits per heavy atom. The summed E-state index contributed by atoms with van der Waals surface area (Å²) >= 11 is 0. The highest BCUT2D eigenvalue weighted by Crippen LogP contribution is 2.30. The van der Waals surface area contributed by atoms with E-state index >= 15 is 0 Å². The van der Waals surface area contributed by atoms with E-state index in [1.807, 2.05) is 65.4 Å². The van der Waals surface area contributed by atoms with Crippen molar-refractivity contribution < 1.29 is 31.2 Å². The average Bonchev–Trinajstić information content (AvgIpc) is 3.04. The predicted molar refractivity (Wildman–Crippen MR) is 169 cm³/mol. The van der Waals surface area contributed by atoms with Crippen molar-refractivity contribution in [3.63, 3.8) is 0 Å². The Morgan fingerprint density at radius 1 is 0.630 bits per heavy atom. The van der Waals surface area contributed by atoms with Crippen LogP contribution in [-0.4, -0.2) is 20.2 Å². The topological polar surface area (TPSA) is 104 Å². The van der Waals surface area contributed by atoms with Crippen LogP contribution in [0.3, 0.4) is 0 Å². The average molecular weight is 640 g/mol. The zero-order chi connectivity index (χ0) is 32.7. The van der Waals surface area contributed by atoms with Crippen LogP contribution >= 0.6 is 0 Å². The molecule has 0 aliphatic carbocycles. The van der Waals surface area contributed by atoms with Gasteiger partial charge in [0.05, 0.1) is 22.5 Å². The lowest BCUT2D eigenvalue weighted by Gasteiger charge is -2.15. The molecule has 0 aliphatic heterocycles. The van der Waals surface area contributed by atoms with Gasteiger partial charge < -0.3 is 10.6 Å². The molecule has 11 heteroatoms. The van der Waals surface area contributed by atoms with Gasteiger partial charge in [-0.3, -0.25) is 9.59 Å². The lowest BCUT2D eigenvalue weighted by molar-refractivity contribution is -0.137. The molecule has 0 radical (unpaired) electrons. The van der Waals surface area contributed by atoms with E-state index in [2.05, 4.69) is 22.5 Å². The van der Waals surface area contributed by atoms with Crippen LogP contribution < -0.4 is 15.4 Å². The molecular formula is C35H24F3N3O4S. The maximum atomic E-state index is 13.6. The smallest absolute Gasteiger partial charge is 0.355 e. The number of nitrogens with one attached hydrogen (secondary N) is 3. The SMILES string of the molecule is O=C(NS(=O)(=O)c1ccccc1NC(=O)c1ccc(C#Cc2ccccc2)cc1Nc1ccccc1)c1ccc(C(F)(F)F)cc1. The van der Waals surface area contributed by atoms with Gasteiger partial charge in [0.2, 0.25) is 0 Å². The van der Waals surface area contributed by atoms with E-state index < -0.39 is 38.5 Å². The number of rotatable bonds is 7. The van der Waals surface area contributed by atoms with Crippen LogP contribution in [0.4, 0.5) is 30.2 Å². The molecule has 5 rings (SSSR count). The van der Waals surface area contributed by atoms with Gasteiger partial charge in [-0.15, -0.1) is 0 Å². The lowest BCUT2D eigenvalue weighted by atomic mass is 10.1. The summed E-state index contributed by atoms with van der Waals surface area (Å²) in [5, 5.41) is 5.81. The first-order chi connectivity index (χ1) is 22.0. The van der Waals surface area contributed by atoms with Crippen molar-refractivity contribution in [2.24, 2.45) is 0 Å². The highest BCUT2D eigenvalue weighted by Gasteiger charge is 2.30. The minimum atomic E-state index is -4.62.